The zero-order chi connectivity index (χ0) is 14.4. The summed E-state index contributed by atoms with van der Waals surface area (Å²) >= 11 is 0. The van der Waals surface area contributed by atoms with Crippen LogP contribution in [-0.2, 0) is 4.79 Å². The molecule has 0 heterocycles. The Morgan fingerprint density at radius 1 is 1.05 bits per heavy atom. The molecule has 0 aliphatic rings. The number of aromatic hydroxyl groups is 1. The number of nitrogens with zero attached hydrogens (tertiary/aromatic N) is 2. The Hall–Kier alpha value is -2.95. The number of carbonyl (C=O) groups is 1. The number of azo groups is 1. The molecule has 5 nitrogen and oxygen atoms in total. The number of benzene rings is 2. The number of hydrogen-bond acceptors (Lipinski definition) is 4. The largest absolute Gasteiger partial charge is 0.507 e. The maximum atomic E-state index is 10.7. The molecular formula is C15H13N3O2. The van der Waals surface area contributed by atoms with Gasteiger partial charge < -0.3 is 10.8 Å². The van der Waals surface area contributed by atoms with Crippen LogP contribution in [0.5, 0.6) is 5.75 Å². The third-order valence-corrected chi connectivity index (χ3v) is 2.48. The average molecular weight is 267 g/mol. The molecule has 0 aliphatic heterocycles. The van der Waals surface area contributed by atoms with Gasteiger partial charge in [-0.1, -0.05) is 18.2 Å². The highest BCUT2D eigenvalue weighted by molar-refractivity contribution is 5.90. The van der Waals surface area contributed by atoms with E-state index in [-0.39, 0.29) is 5.75 Å². The Morgan fingerprint density at radius 2 is 1.75 bits per heavy atom. The lowest BCUT2D eigenvalue weighted by Crippen LogP contribution is -2.05. The van der Waals surface area contributed by atoms with Crippen molar-refractivity contribution >= 4 is 23.4 Å². The first kappa shape index (κ1) is 13.5. The van der Waals surface area contributed by atoms with E-state index in [9.17, 15) is 9.90 Å². The second-order valence-electron chi connectivity index (χ2n) is 4.01. The molecule has 0 saturated heterocycles. The van der Waals surface area contributed by atoms with Gasteiger partial charge in [-0.25, -0.2) is 0 Å². The van der Waals surface area contributed by atoms with Crippen molar-refractivity contribution in [1.82, 2.24) is 0 Å². The lowest BCUT2D eigenvalue weighted by molar-refractivity contribution is -0.113. The van der Waals surface area contributed by atoms with Crippen LogP contribution in [0.25, 0.3) is 6.08 Å². The summed E-state index contributed by atoms with van der Waals surface area (Å²) in [5, 5.41) is 17.8. The Balaban J connectivity index is 2.23. The minimum absolute atomic E-state index is 0.0427. The topological polar surface area (TPSA) is 88.0 Å². The van der Waals surface area contributed by atoms with Crippen molar-refractivity contribution in [1.29, 1.82) is 0 Å². The minimum Gasteiger partial charge on any atom is -0.507 e. The first-order valence-electron chi connectivity index (χ1n) is 5.92. The van der Waals surface area contributed by atoms with E-state index in [1.807, 2.05) is 30.3 Å². The summed E-state index contributed by atoms with van der Waals surface area (Å²) in [5.74, 6) is -0.540. The van der Waals surface area contributed by atoms with E-state index in [2.05, 4.69) is 10.2 Å². The molecule has 0 unspecified atom stereocenters. The molecule has 0 radical (unpaired) electrons. The standard InChI is InChI=1S/C15H13N3O2/c16-15(20)9-6-11-10-13(7-8-14(11)19)18-17-12-4-2-1-3-5-12/h1-10,19H,(H2,16,20)/b9-6-,18-17?. The number of carbonyl (C=O) groups excluding carboxylic acids is 1. The molecule has 2 aromatic rings. The van der Waals surface area contributed by atoms with E-state index in [1.54, 1.807) is 12.1 Å². The predicted molar refractivity (Wildman–Crippen MR) is 77.0 cm³/mol. The number of phenolic OH excluding ortho intramolecular Hbond substituents is 1. The van der Waals surface area contributed by atoms with Gasteiger partial charge in [-0.3, -0.25) is 4.79 Å². The van der Waals surface area contributed by atoms with E-state index < -0.39 is 5.91 Å². The molecule has 2 rings (SSSR count). The lowest BCUT2D eigenvalue weighted by Gasteiger charge is -2.00. The minimum atomic E-state index is -0.583. The third kappa shape index (κ3) is 3.78. The number of hydrogen-bond donors (Lipinski definition) is 2. The van der Waals surface area contributed by atoms with Crippen LogP contribution in [0.1, 0.15) is 5.56 Å². The van der Waals surface area contributed by atoms with Crippen molar-refractivity contribution in [2.45, 2.75) is 0 Å². The normalized spacial score (nSPS) is 11.2. The molecular weight excluding hydrogens is 254 g/mol. The van der Waals surface area contributed by atoms with E-state index in [0.29, 0.717) is 11.3 Å². The highest BCUT2D eigenvalue weighted by atomic mass is 16.3. The Morgan fingerprint density at radius 3 is 2.45 bits per heavy atom. The van der Waals surface area contributed by atoms with Gasteiger partial charge in [0.25, 0.3) is 0 Å². The molecule has 0 fully saturated rings. The fourth-order valence-electron chi connectivity index (χ4n) is 1.52. The maximum Gasteiger partial charge on any atom is 0.241 e. The van der Waals surface area contributed by atoms with Gasteiger partial charge in [-0.15, -0.1) is 0 Å². The van der Waals surface area contributed by atoms with Crippen molar-refractivity contribution in [3.05, 3.63) is 60.2 Å². The highest BCUT2D eigenvalue weighted by Gasteiger charge is 2.00. The van der Waals surface area contributed by atoms with Gasteiger partial charge in [0.2, 0.25) is 5.91 Å². The summed E-state index contributed by atoms with van der Waals surface area (Å²) in [6.45, 7) is 0. The number of rotatable bonds is 4. The van der Waals surface area contributed by atoms with Crippen LogP contribution in [0, 0.1) is 0 Å². The molecule has 100 valence electrons. The number of phenols is 1. The third-order valence-electron chi connectivity index (χ3n) is 2.48. The molecule has 5 heteroatoms. The van der Waals surface area contributed by atoms with Crippen LogP contribution in [0.3, 0.4) is 0 Å². The van der Waals surface area contributed by atoms with E-state index in [1.165, 1.54) is 18.2 Å². The quantitative estimate of drug-likeness (QED) is 0.657. The van der Waals surface area contributed by atoms with Gasteiger partial charge in [0.1, 0.15) is 5.75 Å². The van der Waals surface area contributed by atoms with Crippen LogP contribution >= 0.6 is 0 Å². The fraction of sp³-hybridized carbons (Fsp3) is 0. The van der Waals surface area contributed by atoms with Gasteiger partial charge in [-0.05, 0) is 36.4 Å². The summed E-state index contributed by atoms with van der Waals surface area (Å²) < 4.78 is 0. The van der Waals surface area contributed by atoms with E-state index in [0.717, 1.165) is 5.69 Å². The molecule has 20 heavy (non-hydrogen) atoms. The molecule has 3 N–H and O–H groups in total. The van der Waals surface area contributed by atoms with E-state index in [4.69, 9.17) is 5.73 Å². The van der Waals surface area contributed by atoms with Crippen molar-refractivity contribution in [3.8, 4) is 5.75 Å². The zero-order valence-electron chi connectivity index (χ0n) is 10.6. The summed E-state index contributed by atoms with van der Waals surface area (Å²) in [7, 11) is 0. The molecule has 0 spiro atoms. The first-order valence-corrected chi connectivity index (χ1v) is 5.92. The second-order valence-corrected chi connectivity index (χ2v) is 4.01. The highest BCUT2D eigenvalue weighted by Crippen LogP contribution is 2.26. The summed E-state index contributed by atoms with van der Waals surface area (Å²) in [6, 6.07) is 14.0. The number of amides is 1. The van der Waals surface area contributed by atoms with Gasteiger partial charge in [0.05, 0.1) is 11.4 Å². The van der Waals surface area contributed by atoms with Crippen LogP contribution in [-0.4, -0.2) is 11.0 Å². The smallest absolute Gasteiger partial charge is 0.241 e. The van der Waals surface area contributed by atoms with Gasteiger partial charge in [0.15, 0.2) is 0 Å². The molecule has 0 atom stereocenters. The Kier molecular flexibility index (Phi) is 4.24. The van der Waals surface area contributed by atoms with Crippen LogP contribution in [0.15, 0.2) is 64.8 Å². The fourth-order valence-corrected chi connectivity index (χ4v) is 1.52. The Labute approximate surface area is 116 Å². The average Bonchev–Trinajstić information content (AvgIpc) is 2.46. The molecule has 0 aliphatic carbocycles. The first-order chi connectivity index (χ1) is 9.65. The maximum absolute atomic E-state index is 10.7. The molecule has 0 aromatic heterocycles. The van der Waals surface area contributed by atoms with Crippen molar-refractivity contribution in [2.75, 3.05) is 0 Å². The lowest BCUT2D eigenvalue weighted by atomic mass is 10.1. The number of primary amides is 1. The van der Waals surface area contributed by atoms with Crippen LogP contribution < -0.4 is 5.73 Å². The zero-order valence-corrected chi connectivity index (χ0v) is 10.6. The Bertz CT molecular complexity index is 664. The van der Waals surface area contributed by atoms with Crippen molar-refractivity contribution in [3.63, 3.8) is 0 Å². The summed E-state index contributed by atoms with van der Waals surface area (Å²) in [6.07, 6.45) is 2.60. The summed E-state index contributed by atoms with van der Waals surface area (Å²) in [4.78, 5) is 10.7. The number of nitrogens with two attached hydrogens (primary N) is 1. The van der Waals surface area contributed by atoms with Crippen molar-refractivity contribution in [2.24, 2.45) is 16.0 Å². The SMILES string of the molecule is NC(=O)/C=C\c1cc(N=Nc2ccccc2)ccc1O. The molecule has 0 bridgehead atoms. The molecule has 2 aromatic carbocycles. The van der Waals surface area contributed by atoms with Gasteiger partial charge >= 0.3 is 0 Å². The predicted octanol–water partition coefficient (Wildman–Crippen LogP) is 3.31. The van der Waals surface area contributed by atoms with Crippen LogP contribution in [0.4, 0.5) is 11.4 Å². The summed E-state index contributed by atoms with van der Waals surface area (Å²) in [5.41, 5.74) is 6.76. The van der Waals surface area contributed by atoms with Crippen LogP contribution in [0.2, 0.25) is 0 Å². The van der Waals surface area contributed by atoms with Crippen molar-refractivity contribution < 1.29 is 9.90 Å². The van der Waals surface area contributed by atoms with Gasteiger partial charge in [-0.2, -0.15) is 10.2 Å². The monoisotopic (exact) mass is 267 g/mol. The molecule has 0 saturated carbocycles. The molecule has 1 amide bonds. The van der Waals surface area contributed by atoms with Gasteiger partial charge in [0, 0.05) is 11.6 Å². The second kappa shape index (κ2) is 6.29. The van der Waals surface area contributed by atoms with E-state index >= 15 is 0 Å².